The van der Waals surface area contributed by atoms with Gasteiger partial charge in [0.25, 0.3) is 5.89 Å². The highest BCUT2D eigenvalue weighted by atomic mass is 16.5. The molecule has 2 N–H and O–H groups in total. The number of hydrogen-bond acceptors (Lipinski definition) is 6. The minimum Gasteiger partial charge on any atom is -0.379 e. The molecule has 0 bridgehead atoms. The van der Waals surface area contributed by atoms with E-state index in [0.29, 0.717) is 30.1 Å². The third-order valence-corrected chi connectivity index (χ3v) is 5.17. The molecule has 118 valence electrons. The molecule has 1 atom stereocenters. The first-order valence-electron chi connectivity index (χ1n) is 7.72. The Labute approximate surface area is 125 Å². The third kappa shape index (κ3) is 2.60. The molecule has 1 saturated heterocycles. The summed E-state index contributed by atoms with van der Waals surface area (Å²) in [6.45, 7) is 5.78. The van der Waals surface area contributed by atoms with Crippen molar-refractivity contribution in [2.24, 2.45) is 5.41 Å². The van der Waals surface area contributed by atoms with Crippen molar-refractivity contribution in [1.82, 2.24) is 15.5 Å². The Kier molecular flexibility index (Phi) is 3.58. The Morgan fingerprint density at radius 3 is 2.48 bits per heavy atom. The van der Waals surface area contributed by atoms with Crippen LogP contribution in [0.15, 0.2) is 4.52 Å². The molecular formula is C15H25N3O3. The van der Waals surface area contributed by atoms with Crippen LogP contribution in [0.4, 0.5) is 0 Å². The Morgan fingerprint density at radius 1 is 1.19 bits per heavy atom. The zero-order chi connectivity index (χ0) is 15.1. The average Bonchev–Trinajstić information content (AvgIpc) is 3.10. The van der Waals surface area contributed by atoms with Gasteiger partial charge in [0.05, 0.1) is 0 Å². The van der Waals surface area contributed by atoms with E-state index in [1.54, 1.807) is 7.11 Å². The van der Waals surface area contributed by atoms with E-state index in [9.17, 15) is 5.11 Å². The predicted molar refractivity (Wildman–Crippen MR) is 76.6 cm³/mol. The molecule has 3 rings (SSSR count). The van der Waals surface area contributed by atoms with Gasteiger partial charge in [-0.2, -0.15) is 4.98 Å². The fourth-order valence-electron chi connectivity index (χ4n) is 3.31. The monoisotopic (exact) mass is 295 g/mol. The van der Waals surface area contributed by atoms with Crippen molar-refractivity contribution >= 4 is 0 Å². The van der Waals surface area contributed by atoms with E-state index in [-0.39, 0.29) is 0 Å². The standard InChI is InChI=1S/C15H25N3O3/c1-13(2)4-6-15(20-3,7-5-13)11-17-12(21-18-11)14(19)8-9-16-10-14/h16,19H,4-10H2,1-3H3. The minimum atomic E-state index is -1.03. The van der Waals surface area contributed by atoms with Gasteiger partial charge in [-0.3, -0.25) is 0 Å². The number of nitrogens with zero attached hydrogens (tertiary/aromatic N) is 2. The van der Waals surface area contributed by atoms with E-state index in [0.717, 1.165) is 32.2 Å². The lowest BCUT2D eigenvalue weighted by Crippen LogP contribution is -2.37. The van der Waals surface area contributed by atoms with Crippen LogP contribution in [0.3, 0.4) is 0 Å². The summed E-state index contributed by atoms with van der Waals surface area (Å²) in [5.74, 6) is 0.889. The van der Waals surface area contributed by atoms with Crippen LogP contribution in [0.2, 0.25) is 0 Å². The average molecular weight is 295 g/mol. The number of aliphatic hydroxyl groups is 1. The first-order chi connectivity index (χ1) is 9.89. The molecule has 2 heterocycles. The maximum absolute atomic E-state index is 10.5. The normalized spacial score (nSPS) is 31.4. The fraction of sp³-hybridized carbons (Fsp3) is 0.867. The highest BCUT2D eigenvalue weighted by Crippen LogP contribution is 2.46. The predicted octanol–water partition coefficient (Wildman–Crippen LogP) is 1.69. The summed E-state index contributed by atoms with van der Waals surface area (Å²) >= 11 is 0. The van der Waals surface area contributed by atoms with Crippen molar-refractivity contribution in [3.63, 3.8) is 0 Å². The summed E-state index contributed by atoms with van der Waals surface area (Å²) in [7, 11) is 1.71. The van der Waals surface area contributed by atoms with Gasteiger partial charge in [-0.05, 0) is 44.1 Å². The quantitative estimate of drug-likeness (QED) is 0.883. The maximum atomic E-state index is 10.5. The van der Waals surface area contributed by atoms with Gasteiger partial charge in [0.2, 0.25) is 5.82 Å². The molecule has 2 aliphatic rings. The topological polar surface area (TPSA) is 80.4 Å². The molecule has 6 heteroatoms. The zero-order valence-electron chi connectivity index (χ0n) is 13.1. The molecule has 21 heavy (non-hydrogen) atoms. The summed E-state index contributed by atoms with van der Waals surface area (Å²) in [4.78, 5) is 4.49. The van der Waals surface area contributed by atoms with Gasteiger partial charge in [-0.1, -0.05) is 19.0 Å². The van der Waals surface area contributed by atoms with E-state index < -0.39 is 11.2 Å². The van der Waals surface area contributed by atoms with Gasteiger partial charge in [0, 0.05) is 13.7 Å². The summed E-state index contributed by atoms with van der Waals surface area (Å²) < 4.78 is 11.1. The third-order valence-electron chi connectivity index (χ3n) is 5.17. The molecule has 2 fully saturated rings. The number of methoxy groups -OCH3 is 1. The van der Waals surface area contributed by atoms with Crippen molar-refractivity contribution in [2.75, 3.05) is 20.2 Å². The lowest BCUT2D eigenvalue weighted by atomic mass is 9.70. The molecule has 0 spiro atoms. The molecule has 1 aromatic rings. The van der Waals surface area contributed by atoms with Gasteiger partial charge in [0.15, 0.2) is 5.60 Å². The molecule has 0 amide bonds. The van der Waals surface area contributed by atoms with E-state index in [1.165, 1.54) is 0 Å². The Balaban J connectivity index is 1.84. The Hall–Kier alpha value is -0.980. The molecule has 1 aliphatic heterocycles. The Morgan fingerprint density at radius 2 is 1.90 bits per heavy atom. The second kappa shape index (κ2) is 5.04. The van der Waals surface area contributed by atoms with Crippen molar-refractivity contribution in [3.8, 4) is 0 Å². The van der Waals surface area contributed by atoms with Crippen LogP contribution in [-0.4, -0.2) is 35.4 Å². The molecule has 1 aliphatic carbocycles. The maximum Gasteiger partial charge on any atom is 0.260 e. The van der Waals surface area contributed by atoms with E-state index in [1.807, 2.05) is 0 Å². The van der Waals surface area contributed by atoms with Crippen molar-refractivity contribution in [2.45, 2.75) is 57.2 Å². The zero-order valence-corrected chi connectivity index (χ0v) is 13.1. The number of nitrogens with one attached hydrogen (secondary N) is 1. The smallest absolute Gasteiger partial charge is 0.260 e. The van der Waals surface area contributed by atoms with Crippen LogP contribution in [0.1, 0.15) is 57.7 Å². The van der Waals surface area contributed by atoms with Gasteiger partial charge in [-0.15, -0.1) is 0 Å². The molecule has 1 aromatic heterocycles. The van der Waals surface area contributed by atoms with Gasteiger partial charge < -0.3 is 19.7 Å². The number of ether oxygens (including phenoxy) is 1. The van der Waals surface area contributed by atoms with Crippen LogP contribution in [0, 0.1) is 5.41 Å². The summed E-state index contributed by atoms with van der Waals surface area (Å²) in [5.41, 5.74) is -1.17. The molecule has 1 unspecified atom stereocenters. The van der Waals surface area contributed by atoms with Crippen LogP contribution in [-0.2, 0) is 15.9 Å². The Bertz CT molecular complexity index is 496. The van der Waals surface area contributed by atoms with Crippen molar-refractivity contribution in [3.05, 3.63) is 11.7 Å². The van der Waals surface area contributed by atoms with E-state index >= 15 is 0 Å². The van der Waals surface area contributed by atoms with Crippen molar-refractivity contribution in [1.29, 1.82) is 0 Å². The number of hydrogen-bond donors (Lipinski definition) is 2. The summed E-state index contributed by atoms with van der Waals surface area (Å²) in [5, 5.41) is 17.8. The molecule has 6 nitrogen and oxygen atoms in total. The van der Waals surface area contributed by atoms with Crippen LogP contribution in [0.25, 0.3) is 0 Å². The summed E-state index contributed by atoms with van der Waals surface area (Å²) in [6, 6.07) is 0. The van der Waals surface area contributed by atoms with Gasteiger partial charge >= 0.3 is 0 Å². The van der Waals surface area contributed by atoms with Crippen LogP contribution < -0.4 is 5.32 Å². The van der Waals surface area contributed by atoms with Gasteiger partial charge in [0.1, 0.15) is 5.60 Å². The first-order valence-corrected chi connectivity index (χ1v) is 7.72. The van der Waals surface area contributed by atoms with Crippen molar-refractivity contribution < 1.29 is 14.4 Å². The SMILES string of the molecule is COC1(c2noc(C3(O)CCNC3)n2)CCC(C)(C)CC1. The van der Waals surface area contributed by atoms with Crippen LogP contribution in [0.5, 0.6) is 0 Å². The first kappa shape index (κ1) is 14.9. The number of aromatic nitrogens is 2. The molecule has 1 saturated carbocycles. The second-order valence-corrected chi connectivity index (χ2v) is 7.24. The minimum absolute atomic E-state index is 0.309. The van der Waals surface area contributed by atoms with E-state index in [2.05, 4.69) is 29.3 Å². The number of β-amino-alcohol motifs (C(OH)–C–C–N with tert-alkyl or cyclic N) is 1. The highest BCUT2D eigenvalue weighted by molar-refractivity contribution is 5.09. The lowest BCUT2D eigenvalue weighted by molar-refractivity contribution is -0.0740. The second-order valence-electron chi connectivity index (χ2n) is 7.24. The molecular weight excluding hydrogens is 270 g/mol. The molecule has 0 radical (unpaired) electrons. The summed E-state index contributed by atoms with van der Waals surface area (Å²) in [6.07, 6.45) is 4.49. The lowest BCUT2D eigenvalue weighted by Gasteiger charge is -2.40. The number of rotatable bonds is 3. The fourth-order valence-corrected chi connectivity index (χ4v) is 3.31. The molecule has 0 aromatic carbocycles. The van der Waals surface area contributed by atoms with E-state index in [4.69, 9.17) is 9.26 Å². The largest absolute Gasteiger partial charge is 0.379 e. The highest BCUT2D eigenvalue weighted by Gasteiger charge is 2.45. The van der Waals surface area contributed by atoms with Crippen LogP contribution >= 0.6 is 0 Å². The van der Waals surface area contributed by atoms with Gasteiger partial charge in [-0.25, -0.2) is 0 Å².